The van der Waals surface area contributed by atoms with E-state index in [2.05, 4.69) is 16.9 Å². The Morgan fingerprint density at radius 3 is 2.45 bits per heavy atom. The maximum absolute atomic E-state index is 12.8. The molecule has 6 rings (SSSR count). The maximum Gasteiger partial charge on any atom is 0.338 e. The summed E-state index contributed by atoms with van der Waals surface area (Å²) in [5.41, 5.74) is 4.19. The molecule has 2 N–H and O–H groups in total. The summed E-state index contributed by atoms with van der Waals surface area (Å²) in [4.78, 5) is 37.2. The molecule has 0 aliphatic carbocycles. The lowest BCUT2D eigenvalue weighted by Gasteiger charge is -2.32. The van der Waals surface area contributed by atoms with E-state index in [4.69, 9.17) is 19.2 Å². The van der Waals surface area contributed by atoms with Crippen molar-refractivity contribution in [3.63, 3.8) is 0 Å². The minimum absolute atomic E-state index is 0.0863. The van der Waals surface area contributed by atoms with Crippen LogP contribution in [0.15, 0.2) is 65.7 Å². The number of hydrogen-bond acceptors (Lipinski definition) is 8. The second kappa shape index (κ2) is 11.6. The Labute approximate surface area is 243 Å². The van der Waals surface area contributed by atoms with Gasteiger partial charge in [0.1, 0.15) is 0 Å². The number of aliphatic imine (C=N–C) groups is 1. The van der Waals surface area contributed by atoms with Crippen LogP contribution in [0.2, 0.25) is 0 Å². The highest BCUT2D eigenvalue weighted by atomic mass is 16.7. The average Bonchev–Trinajstić information content (AvgIpc) is 3.60. The summed E-state index contributed by atoms with van der Waals surface area (Å²) in [6, 6.07) is 18.1. The van der Waals surface area contributed by atoms with Gasteiger partial charge in [-0.1, -0.05) is 18.2 Å². The number of benzene rings is 3. The van der Waals surface area contributed by atoms with E-state index in [0.29, 0.717) is 56.9 Å². The van der Waals surface area contributed by atoms with E-state index in [1.165, 1.54) is 0 Å². The average molecular weight is 569 g/mol. The molecule has 1 saturated heterocycles. The van der Waals surface area contributed by atoms with Crippen LogP contribution >= 0.6 is 0 Å². The second-order valence-electron chi connectivity index (χ2n) is 10.4. The van der Waals surface area contributed by atoms with E-state index in [1.807, 2.05) is 47.4 Å². The minimum atomic E-state index is -0.439. The van der Waals surface area contributed by atoms with Gasteiger partial charge in [-0.15, -0.1) is 0 Å². The van der Waals surface area contributed by atoms with Gasteiger partial charge < -0.3 is 34.1 Å². The molecule has 0 atom stereocenters. The van der Waals surface area contributed by atoms with Gasteiger partial charge in [-0.3, -0.25) is 4.79 Å². The third-order valence-electron chi connectivity index (χ3n) is 7.56. The summed E-state index contributed by atoms with van der Waals surface area (Å²) in [6.07, 6.45) is 0.328. The van der Waals surface area contributed by atoms with E-state index < -0.39 is 5.97 Å². The SMILES string of the molecule is CCOC(=O)c1ccc2c(C(=Nc3ccc(CC(=O)N4CCN(C)CC4)cc3)c3ccc4c(c3)OCO4)c(O)[nH]c2c1. The molecule has 1 amide bonds. The van der Waals surface area contributed by atoms with Crippen molar-refractivity contribution in [3.05, 3.63) is 82.9 Å². The van der Waals surface area contributed by atoms with Crippen LogP contribution in [0.4, 0.5) is 5.69 Å². The summed E-state index contributed by atoms with van der Waals surface area (Å²) in [5, 5.41) is 11.8. The molecule has 1 fully saturated rings. The Kier molecular flexibility index (Phi) is 7.54. The van der Waals surface area contributed by atoms with Crippen LogP contribution in [0.25, 0.3) is 10.9 Å². The molecule has 10 nitrogen and oxygen atoms in total. The van der Waals surface area contributed by atoms with Crippen LogP contribution in [-0.2, 0) is 16.0 Å². The van der Waals surface area contributed by atoms with Crippen LogP contribution in [-0.4, -0.2) is 84.1 Å². The zero-order valence-corrected chi connectivity index (χ0v) is 23.6. The Balaban J connectivity index is 1.35. The first-order valence-corrected chi connectivity index (χ1v) is 14.0. The first kappa shape index (κ1) is 27.3. The quantitative estimate of drug-likeness (QED) is 0.253. The number of piperazine rings is 1. The molecule has 1 aromatic heterocycles. The molecule has 2 aliphatic heterocycles. The molecule has 42 heavy (non-hydrogen) atoms. The van der Waals surface area contributed by atoms with Crippen molar-refractivity contribution in [1.82, 2.24) is 14.8 Å². The largest absolute Gasteiger partial charge is 0.494 e. The Morgan fingerprint density at radius 2 is 1.69 bits per heavy atom. The molecule has 0 radical (unpaired) electrons. The molecular formula is C32H32N4O6. The van der Waals surface area contributed by atoms with Gasteiger partial charge in [0.25, 0.3) is 0 Å². The van der Waals surface area contributed by atoms with Crippen LogP contribution in [0, 0.1) is 0 Å². The lowest BCUT2D eigenvalue weighted by atomic mass is 9.99. The first-order chi connectivity index (χ1) is 20.4. The fraction of sp³-hybridized carbons (Fsp3) is 0.281. The number of nitrogens with zero attached hydrogens (tertiary/aromatic N) is 3. The van der Waals surface area contributed by atoms with Crippen molar-refractivity contribution in [1.29, 1.82) is 0 Å². The number of aromatic nitrogens is 1. The van der Waals surface area contributed by atoms with E-state index in [0.717, 1.165) is 31.7 Å². The van der Waals surface area contributed by atoms with Gasteiger partial charge >= 0.3 is 5.97 Å². The van der Waals surface area contributed by atoms with Gasteiger partial charge in [0, 0.05) is 42.6 Å². The number of carbonyl (C=O) groups excluding carboxylic acids is 2. The number of likely N-dealkylation sites (N-methyl/N-ethyl adjacent to an activating group) is 1. The molecule has 3 heterocycles. The standard InChI is InChI=1S/C32H32N4O6/c1-3-40-32(39)22-6-10-24-25(17-22)34-31(38)29(24)30(21-7-11-26-27(18-21)42-19-41-26)33-23-8-4-20(5-9-23)16-28(37)36-14-12-35(2)13-15-36/h4-11,17-18,34,38H,3,12-16,19H2,1-2H3. The number of nitrogens with one attached hydrogen (secondary N) is 1. The van der Waals surface area contributed by atoms with Gasteiger partial charge in [0.05, 0.1) is 35.6 Å². The van der Waals surface area contributed by atoms with E-state index in [-0.39, 0.29) is 25.2 Å². The topological polar surface area (TPSA) is 117 Å². The fourth-order valence-corrected chi connectivity index (χ4v) is 5.23. The van der Waals surface area contributed by atoms with Crippen molar-refractivity contribution in [2.75, 3.05) is 46.6 Å². The molecule has 3 aromatic carbocycles. The predicted octanol–water partition coefficient (Wildman–Crippen LogP) is 4.26. The number of aromatic amines is 1. The van der Waals surface area contributed by atoms with E-state index in [9.17, 15) is 14.7 Å². The molecule has 0 bridgehead atoms. The number of ether oxygens (including phenoxy) is 3. The van der Waals surface area contributed by atoms with Gasteiger partial charge in [0.2, 0.25) is 12.7 Å². The van der Waals surface area contributed by atoms with Crippen molar-refractivity contribution >= 4 is 34.2 Å². The lowest BCUT2D eigenvalue weighted by molar-refractivity contribution is -0.132. The predicted molar refractivity (Wildman–Crippen MR) is 158 cm³/mol. The van der Waals surface area contributed by atoms with Crippen molar-refractivity contribution in [2.24, 2.45) is 4.99 Å². The Bertz CT molecular complexity index is 1670. The maximum atomic E-state index is 12.8. The van der Waals surface area contributed by atoms with Crippen LogP contribution in [0.1, 0.15) is 34.0 Å². The van der Waals surface area contributed by atoms with Gasteiger partial charge in [-0.05, 0) is 62.0 Å². The van der Waals surface area contributed by atoms with Gasteiger partial charge in [-0.25, -0.2) is 9.79 Å². The summed E-state index contributed by atoms with van der Waals surface area (Å²) in [7, 11) is 2.07. The summed E-state index contributed by atoms with van der Waals surface area (Å²) in [5.74, 6) is 0.811. The first-order valence-electron chi connectivity index (χ1n) is 14.0. The van der Waals surface area contributed by atoms with Crippen molar-refractivity contribution < 1.29 is 28.9 Å². The minimum Gasteiger partial charge on any atom is -0.494 e. The molecule has 0 spiro atoms. The highest BCUT2D eigenvalue weighted by Crippen LogP contribution is 2.37. The fourth-order valence-electron chi connectivity index (χ4n) is 5.23. The molecule has 4 aromatic rings. The normalized spacial score (nSPS) is 15.3. The van der Waals surface area contributed by atoms with Gasteiger partial charge in [-0.2, -0.15) is 0 Å². The van der Waals surface area contributed by atoms with Crippen LogP contribution < -0.4 is 9.47 Å². The summed E-state index contributed by atoms with van der Waals surface area (Å²) in [6.45, 7) is 5.40. The van der Waals surface area contributed by atoms with E-state index in [1.54, 1.807) is 25.1 Å². The number of rotatable bonds is 7. The number of amides is 1. The zero-order valence-electron chi connectivity index (χ0n) is 23.6. The zero-order chi connectivity index (χ0) is 29.2. The molecule has 2 aliphatic rings. The number of hydrogen-bond donors (Lipinski definition) is 2. The summed E-state index contributed by atoms with van der Waals surface area (Å²) >= 11 is 0. The molecule has 0 unspecified atom stereocenters. The summed E-state index contributed by atoms with van der Waals surface area (Å²) < 4.78 is 16.2. The third-order valence-corrected chi connectivity index (χ3v) is 7.56. The Hall–Kier alpha value is -4.83. The molecular weight excluding hydrogens is 536 g/mol. The van der Waals surface area contributed by atoms with Crippen LogP contribution in [0.5, 0.6) is 17.4 Å². The molecule has 216 valence electrons. The lowest BCUT2D eigenvalue weighted by Crippen LogP contribution is -2.47. The number of esters is 1. The van der Waals surface area contributed by atoms with Crippen LogP contribution in [0.3, 0.4) is 0 Å². The highest BCUT2D eigenvalue weighted by Gasteiger charge is 2.23. The van der Waals surface area contributed by atoms with E-state index >= 15 is 0 Å². The number of fused-ring (bicyclic) bond motifs is 2. The molecule has 0 saturated carbocycles. The Morgan fingerprint density at radius 1 is 0.952 bits per heavy atom. The third kappa shape index (κ3) is 5.53. The molecule has 10 heteroatoms. The highest BCUT2D eigenvalue weighted by molar-refractivity contribution is 6.22. The number of H-pyrrole nitrogens is 1. The van der Waals surface area contributed by atoms with Gasteiger partial charge in [0.15, 0.2) is 17.4 Å². The second-order valence-corrected chi connectivity index (χ2v) is 10.4. The van der Waals surface area contributed by atoms with Crippen molar-refractivity contribution in [2.45, 2.75) is 13.3 Å². The van der Waals surface area contributed by atoms with Crippen molar-refractivity contribution in [3.8, 4) is 17.4 Å². The smallest absolute Gasteiger partial charge is 0.338 e. The number of aromatic hydroxyl groups is 1. The monoisotopic (exact) mass is 568 g/mol. The number of carbonyl (C=O) groups is 2.